The molecule has 0 N–H and O–H groups in total. The third kappa shape index (κ3) is 3.33. The number of ketones is 1. The molecule has 1 rings (SSSR count). The Balaban J connectivity index is 3.10. The fraction of sp³-hybridized carbons (Fsp3) is 0.364. The smallest absolute Gasteiger partial charge is 0.269 e. The summed E-state index contributed by atoms with van der Waals surface area (Å²) in [5.41, 5.74) is -0.212. The summed E-state index contributed by atoms with van der Waals surface area (Å²) in [7, 11) is -2.65. The van der Waals surface area contributed by atoms with E-state index in [4.69, 9.17) is 11.6 Å². The van der Waals surface area contributed by atoms with Crippen molar-refractivity contribution < 1.29 is 18.1 Å². The fourth-order valence-electron chi connectivity index (χ4n) is 1.43. The van der Waals surface area contributed by atoms with Gasteiger partial charge in [0.15, 0.2) is 5.78 Å². The Hall–Kier alpha value is -1.51. The van der Waals surface area contributed by atoms with Gasteiger partial charge in [0.1, 0.15) is 0 Å². The Morgan fingerprint density at radius 1 is 1.40 bits per heavy atom. The lowest BCUT2D eigenvalue weighted by Gasteiger charge is -2.22. The third-order valence-electron chi connectivity index (χ3n) is 2.87. The minimum atomic E-state index is -3.90. The molecule has 0 radical (unpaired) electrons. The first-order chi connectivity index (χ1) is 9.21. The molecule has 0 spiro atoms. The van der Waals surface area contributed by atoms with E-state index in [0.29, 0.717) is 0 Å². The monoisotopic (exact) mass is 320 g/mol. The zero-order chi connectivity index (χ0) is 15.5. The van der Waals surface area contributed by atoms with Crippen LogP contribution in [0.5, 0.6) is 0 Å². The number of benzene rings is 1. The number of nitro groups is 1. The molecule has 1 aromatic rings. The first-order valence-corrected chi connectivity index (χ1v) is 7.50. The molecule has 1 aromatic carbocycles. The van der Waals surface area contributed by atoms with Gasteiger partial charge in [-0.2, -0.15) is 4.31 Å². The van der Waals surface area contributed by atoms with Crippen LogP contribution in [-0.2, 0) is 14.8 Å². The van der Waals surface area contributed by atoms with Crippen molar-refractivity contribution in [3.63, 3.8) is 0 Å². The highest BCUT2D eigenvalue weighted by atomic mass is 35.5. The van der Waals surface area contributed by atoms with Crippen molar-refractivity contribution in [2.24, 2.45) is 0 Å². The minimum Gasteiger partial charge on any atom is -0.297 e. The highest BCUT2D eigenvalue weighted by Gasteiger charge is 2.29. The van der Waals surface area contributed by atoms with Gasteiger partial charge >= 0.3 is 0 Å². The van der Waals surface area contributed by atoms with E-state index in [2.05, 4.69) is 0 Å². The Morgan fingerprint density at radius 3 is 2.30 bits per heavy atom. The first kappa shape index (κ1) is 16.5. The van der Waals surface area contributed by atoms with Gasteiger partial charge in [-0.3, -0.25) is 14.9 Å². The average Bonchev–Trinajstić information content (AvgIpc) is 2.44. The molecule has 1 atom stereocenters. The van der Waals surface area contributed by atoms with E-state index < -0.39 is 26.8 Å². The lowest BCUT2D eigenvalue weighted by atomic mass is 10.2. The number of carbonyl (C=O) groups is 1. The Kier molecular flexibility index (Phi) is 5.21. The topological polar surface area (TPSA) is 97.6 Å². The summed E-state index contributed by atoms with van der Waals surface area (Å²) in [4.78, 5) is 21.2. The van der Waals surface area contributed by atoms with E-state index in [1.807, 2.05) is 0 Å². The normalized spacial score (nSPS) is 13.2. The van der Waals surface area contributed by atoms with Gasteiger partial charge in [-0.15, -0.1) is 11.6 Å². The predicted molar refractivity (Wildman–Crippen MR) is 73.2 cm³/mol. The van der Waals surface area contributed by atoms with E-state index >= 15 is 0 Å². The first-order valence-electron chi connectivity index (χ1n) is 5.53. The van der Waals surface area contributed by atoms with Crippen LogP contribution < -0.4 is 0 Å². The molecule has 20 heavy (non-hydrogen) atoms. The number of alkyl halides is 1. The van der Waals surface area contributed by atoms with Gasteiger partial charge < -0.3 is 0 Å². The van der Waals surface area contributed by atoms with Crippen LogP contribution in [0.1, 0.15) is 6.92 Å². The summed E-state index contributed by atoms with van der Waals surface area (Å²) in [5, 5.41) is 10.5. The molecular weight excluding hydrogens is 308 g/mol. The molecule has 0 amide bonds. The van der Waals surface area contributed by atoms with Gasteiger partial charge in [0.25, 0.3) is 5.69 Å². The van der Waals surface area contributed by atoms with Crippen LogP contribution in [0.3, 0.4) is 0 Å². The van der Waals surface area contributed by atoms with Gasteiger partial charge in [0, 0.05) is 19.2 Å². The number of non-ortho nitro benzene ring substituents is 1. The molecule has 0 saturated heterocycles. The van der Waals surface area contributed by atoms with Gasteiger partial charge in [-0.1, -0.05) is 0 Å². The second-order valence-electron chi connectivity index (χ2n) is 4.05. The molecule has 9 heteroatoms. The van der Waals surface area contributed by atoms with Gasteiger partial charge in [-0.25, -0.2) is 8.42 Å². The lowest BCUT2D eigenvalue weighted by Crippen LogP contribution is -2.40. The molecule has 0 aliphatic carbocycles. The molecule has 0 saturated carbocycles. The van der Waals surface area contributed by atoms with Gasteiger partial charge in [-0.05, 0) is 19.1 Å². The standard InChI is InChI=1S/C11H13ClN2O5S/c1-8(11(15)7-12)13(2)20(18,19)10-5-3-9(4-6-10)14(16)17/h3-6,8H,7H2,1-2H3/t8-/m1/s1. The molecule has 0 aliphatic heterocycles. The predicted octanol–water partition coefficient (Wildman–Crippen LogP) is 1.41. The van der Waals surface area contributed by atoms with E-state index in [-0.39, 0.29) is 16.5 Å². The molecule has 7 nitrogen and oxygen atoms in total. The van der Waals surface area contributed by atoms with Crippen molar-refractivity contribution in [2.45, 2.75) is 17.9 Å². The molecule has 0 heterocycles. The van der Waals surface area contributed by atoms with E-state index in [1.165, 1.54) is 14.0 Å². The fourth-order valence-corrected chi connectivity index (χ4v) is 3.00. The van der Waals surface area contributed by atoms with E-state index in [0.717, 1.165) is 28.6 Å². The number of halogens is 1. The molecular formula is C11H13ClN2O5S. The van der Waals surface area contributed by atoms with Crippen molar-refractivity contribution in [3.8, 4) is 0 Å². The summed E-state index contributed by atoms with van der Waals surface area (Å²) in [6.07, 6.45) is 0. The average molecular weight is 321 g/mol. The van der Waals surface area contributed by atoms with Crippen LogP contribution in [0.4, 0.5) is 5.69 Å². The molecule has 0 aliphatic rings. The molecule has 0 aromatic heterocycles. The van der Waals surface area contributed by atoms with Crippen molar-refractivity contribution in [2.75, 3.05) is 12.9 Å². The van der Waals surface area contributed by atoms with Crippen molar-refractivity contribution in [3.05, 3.63) is 34.4 Å². The van der Waals surface area contributed by atoms with Crippen molar-refractivity contribution >= 4 is 33.1 Å². The van der Waals surface area contributed by atoms with Crippen LogP contribution in [0, 0.1) is 10.1 Å². The number of carbonyl (C=O) groups excluding carboxylic acids is 1. The highest BCUT2D eigenvalue weighted by molar-refractivity contribution is 7.89. The van der Waals surface area contributed by atoms with Crippen molar-refractivity contribution in [1.29, 1.82) is 0 Å². The number of nitrogens with zero attached hydrogens (tertiary/aromatic N) is 2. The number of rotatable bonds is 6. The molecule has 110 valence electrons. The van der Waals surface area contributed by atoms with E-state index in [1.54, 1.807) is 0 Å². The maximum Gasteiger partial charge on any atom is 0.269 e. The van der Waals surface area contributed by atoms with Crippen LogP contribution in [-0.4, -0.2) is 42.4 Å². The maximum absolute atomic E-state index is 12.2. The Morgan fingerprint density at radius 2 is 1.90 bits per heavy atom. The van der Waals surface area contributed by atoms with Gasteiger partial charge in [0.05, 0.1) is 21.7 Å². The maximum atomic E-state index is 12.2. The highest BCUT2D eigenvalue weighted by Crippen LogP contribution is 2.20. The summed E-state index contributed by atoms with van der Waals surface area (Å²) >= 11 is 5.40. The molecule has 0 unspecified atom stereocenters. The summed E-state index contributed by atoms with van der Waals surface area (Å²) in [5.74, 6) is -0.721. The zero-order valence-corrected chi connectivity index (χ0v) is 12.4. The quantitative estimate of drug-likeness (QED) is 0.448. The van der Waals surface area contributed by atoms with Crippen LogP contribution in [0.25, 0.3) is 0 Å². The Labute approximate surface area is 121 Å². The van der Waals surface area contributed by atoms with E-state index in [9.17, 15) is 23.3 Å². The van der Waals surface area contributed by atoms with Crippen LogP contribution in [0.2, 0.25) is 0 Å². The lowest BCUT2D eigenvalue weighted by molar-refractivity contribution is -0.384. The SMILES string of the molecule is C[C@H](C(=O)CCl)N(C)S(=O)(=O)c1ccc([N+](=O)[O-])cc1. The van der Waals surface area contributed by atoms with Crippen LogP contribution >= 0.6 is 11.6 Å². The number of nitro benzene ring substituents is 1. The number of likely N-dealkylation sites (N-methyl/N-ethyl adjacent to an activating group) is 1. The zero-order valence-electron chi connectivity index (χ0n) is 10.8. The van der Waals surface area contributed by atoms with Gasteiger partial charge in [0.2, 0.25) is 10.0 Å². The third-order valence-corrected chi connectivity index (χ3v) is 5.07. The summed E-state index contributed by atoms with van der Waals surface area (Å²) in [6, 6.07) is 3.53. The summed E-state index contributed by atoms with van der Waals surface area (Å²) < 4.78 is 25.4. The Bertz CT molecular complexity index is 614. The number of sulfonamides is 1. The second kappa shape index (κ2) is 6.29. The van der Waals surface area contributed by atoms with Crippen molar-refractivity contribution in [1.82, 2.24) is 4.31 Å². The molecule has 0 fully saturated rings. The largest absolute Gasteiger partial charge is 0.297 e. The molecule has 0 bridgehead atoms. The number of hydrogen-bond donors (Lipinski definition) is 0. The second-order valence-corrected chi connectivity index (χ2v) is 6.31. The number of Topliss-reactive ketones (excluding diaryl/α,β-unsaturated/α-hetero) is 1. The van der Waals surface area contributed by atoms with Crippen LogP contribution in [0.15, 0.2) is 29.2 Å². The summed E-state index contributed by atoms with van der Waals surface area (Å²) in [6.45, 7) is 1.42. The minimum absolute atomic E-state index is 0.125. The number of hydrogen-bond acceptors (Lipinski definition) is 5.